The SMILES string of the molecule is CNC(=O)NNc1nc(SOON2CCOCC2)ns1. The molecule has 0 aromatic carbocycles. The molecule has 2 heterocycles. The maximum absolute atomic E-state index is 10.9. The highest BCUT2D eigenvalue weighted by Crippen LogP contribution is 2.21. The van der Waals surface area contributed by atoms with Crippen LogP contribution in [0.15, 0.2) is 5.16 Å². The summed E-state index contributed by atoms with van der Waals surface area (Å²) in [6.07, 6.45) is 0. The highest BCUT2D eigenvalue weighted by atomic mass is 32.2. The van der Waals surface area contributed by atoms with Crippen LogP contribution in [0.3, 0.4) is 0 Å². The molecule has 12 heteroatoms. The van der Waals surface area contributed by atoms with E-state index < -0.39 is 0 Å². The van der Waals surface area contributed by atoms with Gasteiger partial charge < -0.3 is 10.1 Å². The fraction of sp³-hybridized carbons (Fsp3) is 0.625. The fourth-order valence-electron chi connectivity index (χ4n) is 1.18. The van der Waals surface area contributed by atoms with E-state index in [-0.39, 0.29) is 6.03 Å². The van der Waals surface area contributed by atoms with Gasteiger partial charge in [-0.15, -0.1) is 9.32 Å². The average Bonchev–Trinajstić information content (AvgIpc) is 2.94. The first-order chi connectivity index (χ1) is 9.78. The Bertz CT molecular complexity index is 427. The van der Waals surface area contributed by atoms with E-state index in [1.54, 1.807) is 5.06 Å². The van der Waals surface area contributed by atoms with E-state index in [0.717, 1.165) is 23.6 Å². The van der Waals surface area contributed by atoms with Crippen molar-refractivity contribution in [3.63, 3.8) is 0 Å². The van der Waals surface area contributed by atoms with Crippen molar-refractivity contribution in [2.45, 2.75) is 5.16 Å². The lowest BCUT2D eigenvalue weighted by Crippen LogP contribution is -2.36. The van der Waals surface area contributed by atoms with E-state index in [4.69, 9.17) is 14.1 Å². The van der Waals surface area contributed by atoms with Crippen LogP contribution in [-0.2, 0) is 14.1 Å². The molecule has 0 spiro atoms. The molecule has 1 fully saturated rings. The van der Waals surface area contributed by atoms with Gasteiger partial charge in [0.2, 0.25) is 10.3 Å². The third kappa shape index (κ3) is 5.07. The standard InChI is InChI=1S/C8H14N6O4S2/c1-9-6(15)11-12-7-10-8(13-19-7)20-18-17-14-2-4-16-5-3-14/h2-5H2,1H3,(H2,9,11,15)(H,10,12,13). The van der Waals surface area contributed by atoms with Gasteiger partial charge in [0.05, 0.1) is 26.3 Å². The molecule has 20 heavy (non-hydrogen) atoms. The number of nitrogens with one attached hydrogen (secondary N) is 3. The normalized spacial score (nSPS) is 15.8. The second-order valence-electron chi connectivity index (χ2n) is 3.48. The molecule has 0 aliphatic carbocycles. The van der Waals surface area contributed by atoms with Crippen LogP contribution >= 0.6 is 23.6 Å². The summed E-state index contributed by atoms with van der Waals surface area (Å²) >= 11 is 1.97. The van der Waals surface area contributed by atoms with Crippen molar-refractivity contribution in [2.75, 3.05) is 38.8 Å². The van der Waals surface area contributed by atoms with Crippen LogP contribution in [0.2, 0.25) is 0 Å². The molecule has 1 aliphatic rings. The molecule has 0 saturated carbocycles. The number of carbonyl (C=O) groups excluding carboxylic acids is 1. The minimum absolute atomic E-state index is 0.374. The lowest BCUT2D eigenvalue weighted by molar-refractivity contribution is -0.370. The Labute approximate surface area is 123 Å². The maximum Gasteiger partial charge on any atom is 0.333 e. The lowest BCUT2D eigenvalue weighted by Gasteiger charge is -2.23. The summed E-state index contributed by atoms with van der Waals surface area (Å²) in [5, 5.41) is 4.85. The number of morpholine rings is 1. The number of carbonyl (C=O) groups is 1. The largest absolute Gasteiger partial charge is 0.379 e. The molecule has 0 bridgehead atoms. The number of hydrazine groups is 1. The van der Waals surface area contributed by atoms with Crippen LogP contribution < -0.4 is 16.2 Å². The highest BCUT2D eigenvalue weighted by molar-refractivity contribution is 7.94. The van der Waals surface area contributed by atoms with Gasteiger partial charge in [0.25, 0.3) is 0 Å². The number of aromatic nitrogens is 2. The van der Waals surface area contributed by atoms with E-state index in [2.05, 4.69) is 25.5 Å². The Morgan fingerprint density at radius 1 is 1.50 bits per heavy atom. The van der Waals surface area contributed by atoms with E-state index >= 15 is 0 Å². The van der Waals surface area contributed by atoms with Crippen LogP contribution in [-0.4, -0.2) is 53.8 Å². The minimum atomic E-state index is -0.374. The number of amides is 2. The Kier molecular flexibility index (Phi) is 6.23. The van der Waals surface area contributed by atoms with Crippen molar-refractivity contribution < 1.29 is 18.9 Å². The van der Waals surface area contributed by atoms with Crippen LogP contribution in [0, 0.1) is 0 Å². The van der Waals surface area contributed by atoms with Crippen molar-refractivity contribution in [3.05, 3.63) is 0 Å². The molecule has 1 aromatic heterocycles. The zero-order valence-corrected chi connectivity index (χ0v) is 12.3. The van der Waals surface area contributed by atoms with Crippen molar-refractivity contribution in [1.29, 1.82) is 0 Å². The molecule has 2 amide bonds. The molecule has 112 valence electrons. The molecule has 10 nitrogen and oxygen atoms in total. The highest BCUT2D eigenvalue weighted by Gasteiger charge is 2.13. The van der Waals surface area contributed by atoms with Gasteiger partial charge in [-0.1, -0.05) is 0 Å². The van der Waals surface area contributed by atoms with Gasteiger partial charge in [0.15, 0.2) is 0 Å². The number of urea groups is 1. The maximum atomic E-state index is 10.9. The Hall–Kier alpha value is -1.18. The van der Waals surface area contributed by atoms with Gasteiger partial charge in [-0.25, -0.2) is 10.2 Å². The van der Waals surface area contributed by atoms with Crippen molar-refractivity contribution in [2.24, 2.45) is 0 Å². The summed E-state index contributed by atoms with van der Waals surface area (Å²) < 4.78 is 14.1. The number of ether oxygens (including phenoxy) is 1. The third-order valence-electron chi connectivity index (χ3n) is 2.13. The van der Waals surface area contributed by atoms with E-state index in [0.29, 0.717) is 36.6 Å². The molecule has 0 radical (unpaired) electrons. The Morgan fingerprint density at radius 2 is 2.30 bits per heavy atom. The van der Waals surface area contributed by atoms with Gasteiger partial charge in [0.1, 0.15) is 12.0 Å². The van der Waals surface area contributed by atoms with Gasteiger partial charge in [0, 0.05) is 18.6 Å². The zero-order chi connectivity index (χ0) is 14.2. The van der Waals surface area contributed by atoms with E-state index in [9.17, 15) is 4.79 Å². The first-order valence-electron chi connectivity index (χ1n) is 5.69. The number of hydrogen-bond donors (Lipinski definition) is 3. The molecular formula is C8H14N6O4S2. The fourth-order valence-corrected chi connectivity index (χ4v) is 2.20. The molecule has 1 aliphatic heterocycles. The van der Waals surface area contributed by atoms with Gasteiger partial charge in [-0.3, -0.25) is 5.43 Å². The van der Waals surface area contributed by atoms with Crippen LogP contribution in [0.4, 0.5) is 9.93 Å². The van der Waals surface area contributed by atoms with Gasteiger partial charge >= 0.3 is 6.03 Å². The smallest absolute Gasteiger partial charge is 0.333 e. The second kappa shape index (κ2) is 8.18. The Morgan fingerprint density at radius 3 is 3.05 bits per heavy atom. The predicted octanol–water partition coefficient (Wildman–Crippen LogP) is -0.00350. The average molecular weight is 322 g/mol. The summed E-state index contributed by atoms with van der Waals surface area (Å²) in [6.45, 7) is 2.52. The first-order valence-corrected chi connectivity index (χ1v) is 7.21. The number of rotatable bonds is 6. The number of nitrogens with zero attached hydrogens (tertiary/aromatic N) is 3. The second-order valence-corrected chi connectivity index (χ2v) is 4.90. The topological polar surface area (TPSA) is 110 Å². The van der Waals surface area contributed by atoms with Crippen molar-refractivity contribution >= 4 is 34.7 Å². The molecule has 0 atom stereocenters. The third-order valence-corrected chi connectivity index (χ3v) is 3.34. The summed E-state index contributed by atoms with van der Waals surface area (Å²) in [7, 11) is 1.51. The molecule has 1 saturated heterocycles. The molecule has 1 aromatic rings. The quantitative estimate of drug-likeness (QED) is 0.378. The number of hydrogen-bond acceptors (Lipinski definition) is 10. The summed E-state index contributed by atoms with van der Waals surface area (Å²) in [5.74, 6) is 0. The van der Waals surface area contributed by atoms with Crippen LogP contribution in [0.5, 0.6) is 0 Å². The lowest BCUT2D eigenvalue weighted by atomic mass is 10.5. The van der Waals surface area contributed by atoms with Gasteiger partial charge in [-0.2, -0.15) is 14.4 Å². The minimum Gasteiger partial charge on any atom is -0.379 e. The van der Waals surface area contributed by atoms with E-state index in [1.165, 1.54) is 7.05 Å². The number of hydroxylamine groups is 2. The van der Waals surface area contributed by atoms with Crippen molar-refractivity contribution in [3.8, 4) is 0 Å². The zero-order valence-electron chi connectivity index (χ0n) is 10.6. The van der Waals surface area contributed by atoms with Crippen molar-refractivity contribution in [1.82, 2.24) is 25.2 Å². The van der Waals surface area contributed by atoms with Crippen LogP contribution in [0.25, 0.3) is 0 Å². The summed E-state index contributed by atoms with van der Waals surface area (Å²) in [6, 6.07) is -0.374. The molecule has 2 rings (SSSR count). The predicted molar refractivity (Wildman–Crippen MR) is 71.5 cm³/mol. The molecule has 0 unspecified atom stereocenters. The summed E-state index contributed by atoms with van der Waals surface area (Å²) in [4.78, 5) is 20.1. The van der Waals surface area contributed by atoms with Crippen LogP contribution in [0.1, 0.15) is 0 Å². The van der Waals surface area contributed by atoms with E-state index in [1.807, 2.05) is 0 Å². The monoisotopic (exact) mass is 322 g/mol. The summed E-state index contributed by atoms with van der Waals surface area (Å²) in [5.41, 5.74) is 4.98. The first kappa shape index (κ1) is 15.2. The number of anilines is 1. The Balaban J connectivity index is 1.65. The van der Waals surface area contributed by atoms with Gasteiger partial charge in [-0.05, 0) is 0 Å². The molecule has 3 N–H and O–H groups in total. The molecular weight excluding hydrogens is 308 g/mol.